The van der Waals surface area contributed by atoms with Crippen LogP contribution in [0.2, 0.25) is 0 Å². The minimum atomic E-state index is 0.167. The van der Waals surface area contributed by atoms with E-state index in [-0.39, 0.29) is 12.5 Å². The smallest absolute Gasteiger partial charge is 0.146 e. The van der Waals surface area contributed by atoms with Crippen molar-refractivity contribution in [2.75, 3.05) is 26.6 Å². The molecule has 1 heterocycles. The van der Waals surface area contributed by atoms with Gasteiger partial charge in [0.2, 0.25) is 0 Å². The van der Waals surface area contributed by atoms with E-state index in [0.29, 0.717) is 20.0 Å². The second-order valence-electron chi connectivity index (χ2n) is 1.91. The van der Waals surface area contributed by atoms with Crippen molar-refractivity contribution in [3.05, 3.63) is 0 Å². The van der Waals surface area contributed by atoms with Crippen molar-refractivity contribution >= 4 is 0 Å². The fraction of sp³-hybridized carbons (Fsp3) is 1.00. The van der Waals surface area contributed by atoms with E-state index in [2.05, 4.69) is 0 Å². The average Bonchev–Trinajstić information content (AvgIpc) is 1.90. The van der Waals surface area contributed by atoms with E-state index in [1.807, 2.05) is 0 Å². The van der Waals surface area contributed by atoms with Crippen molar-refractivity contribution in [3.8, 4) is 0 Å². The molecule has 3 nitrogen and oxygen atoms in total. The summed E-state index contributed by atoms with van der Waals surface area (Å²) in [6, 6.07) is 0. The number of aliphatic hydroxyl groups excluding tert-OH is 1. The molecule has 0 aromatic heterocycles. The molecule has 0 saturated carbocycles. The minimum Gasteiger partial charge on any atom is -0.396 e. The van der Waals surface area contributed by atoms with Gasteiger partial charge in [-0.05, 0) is 0 Å². The quantitative estimate of drug-likeness (QED) is 0.509. The lowest BCUT2D eigenvalue weighted by Gasteiger charge is -2.19. The zero-order valence-corrected chi connectivity index (χ0v) is 4.67. The molecule has 3 heteroatoms. The van der Waals surface area contributed by atoms with Crippen LogP contribution in [0.5, 0.6) is 0 Å². The van der Waals surface area contributed by atoms with E-state index in [1.54, 1.807) is 0 Å². The van der Waals surface area contributed by atoms with Gasteiger partial charge in [-0.3, -0.25) is 0 Å². The standard InChI is InChI=1S/C5H10O3/c6-1-5-2-7-4-8-3-5/h5-6H,1-4H2. The van der Waals surface area contributed by atoms with E-state index in [0.717, 1.165) is 0 Å². The predicted octanol–water partition coefficient (Wildman–Crippen LogP) is -0.401. The summed E-state index contributed by atoms with van der Waals surface area (Å²) >= 11 is 0. The Hall–Kier alpha value is -0.120. The van der Waals surface area contributed by atoms with Gasteiger partial charge in [0.05, 0.1) is 19.8 Å². The van der Waals surface area contributed by atoms with Crippen molar-refractivity contribution < 1.29 is 14.6 Å². The average molecular weight is 118 g/mol. The van der Waals surface area contributed by atoms with Crippen LogP contribution in [0.3, 0.4) is 0 Å². The van der Waals surface area contributed by atoms with Crippen LogP contribution in [0.4, 0.5) is 0 Å². The molecule has 0 bridgehead atoms. The molecule has 0 aromatic carbocycles. The maximum absolute atomic E-state index is 8.53. The van der Waals surface area contributed by atoms with Gasteiger partial charge in [-0.2, -0.15) is 0 Å². The highest BCUT2D eigenvalue weighted by atomic mass is 16.7. The first kappa shape index (κ1) is 6.01. The normalized spacial score (nSPS) is 23.6. The molecule has 0 amide bonds. The van der Waals surface area contributed by atoms with Gasteiger partial charge in [0.15, 0.2) is 0 Å². The number of ether oxygens (including phenoxy) is 2. The van der Waals surface area contributed by atoms with E-state index in [4.69, 9.17) is 14.6 Å². The maximum Gasteiger partial charge on any atom is 0.146 e. The van der Waals surface area contributed by atoms with Crippen LogP contribution in [0, 0.1) is 5.92 Å². The minimum absolute atomic E-state index is 0.167. The fourth-order valence-electron chi connectivity index (χ4n) is 0.642. The molecule has 0 atom stereocenters. The van der Waals surface area contributed by atoms with Crippen LogP contribution >= 0.6 is 0 Å². The van der Waals surface area contributed by atoms with Crippen molar-refractivity contribution in [2.45, 2.75) is 0 Å². The van der Waals surface area contributed by atoms with Crippen LogP contribution in [-0.2, 0) is 9.47 Å². The van der Waals surface area contributed by atoms with E-state index >= 15 is 0 Å². The summed E-state index contributed by atoms with van der Waals surface area (Å²) in [4.78, 5) is 0. The Kier molecular flexibility index (Phi) is 2.27. The molecule has 48 valence electrons. The monoisotopic (exact) mass is 118 g/mol. The highest BCUT2D eigenvalue weighted by Crippen LogP contribution is 2.02. The van der Waals surface area contributed by atoms with Gasteiger partial charge in [0, 0.05) is 5.92 Å². The van der Waals surface area contributed by atoms with Gasteiger partial charge in [-0.15, -0.1) is 0 Å². The Morgan fingerprint density at radius 3 is 2.38 bits per heavy atom. The molecule has 0 aromatic rings. The fourth-order valence-corrected chi connectivity index (χ4v) is 0.642. The van der Waals surface area contributed by atoms with Gasteiger partial charge in [0.1, 0.15) is 6.79 Å². The van der Waals surface area contributed by atoms with Gasteiger partial charge < -0.3 is 14.6 Å². The first-order valence-corrected chi connectivity index (χ1v) is 2.70. The van der Waals surface area contributed by atoms with Crippen LogP contribution in [0.1, 0.15) is 0 Å². The summed E-state index contributed by atoms with van der Waals surface area (Å²) in [5.74, 6) is 0.198. The molecular weight excluding hydrogens is 108 g/mol. The Labute approximate surface area is 48.2 Å². The lowest BCUT2D eigenvalue weighted by atomic mass is 10.2. The third kappa shape index (κ3) is 1.43. The zero-order chi connectivity index (χ0) is 5.82. The van der Waals surface area contributed by atoms with Crippen LogP contribution < -0.4 is 0 Å². The molecule has 1 saturated heterocycles. The van der Waals surface area contributed by atoms with E-state index in [1.165, 1.54) is 0 Å². The Bertz CT molecular complexity index is 58.7. The highest BCUT2D eigenvalue weighted by molar-refractivity contribution is 4.55. The summed E-state index contributed by atoms with van der Waals surface area (Å²) < 4.78 is 9.78. The molecule has 0 spiro atoms. The first-order chi connectivity index (χ1) is 3.93. The molecule has 1 N–H and O–H groups in total. The molecule has 1 fully saturated rings. The molecule has 0 aliphatic carbocycles. The van der Waals surface area contributed by atoms with Crippen LogP contribution in [-0.4, -0.2) is 31.7 Å². The van der Waals surface area contributed by atoms with Crippen molar-refractivity contribution in [1.82, 2.24) is 0 Å². The molecule has 0 radical (unpaired) electrons. The van der Waals surface area contributed by atoms with Crippen molar-refractivity contribution in [2.24, 2.45) is 5.92 Å². The highest BCUT2D eigenvalue weighted by Gasteiger charge is 2.11. The first-order valence-electron chi connectivity index (χ1n) is 2.70. The van der Waals surface area contributed by atoms with Crippen molar-refractivity contribution in [3.63, 3.8) is 0 Å². The predicted molar refractivity (Wildman–Crippen MR) is 27.3 cm³/mol. The summed E-state index contributed by atoms with van der Waals surface area (Å²) in [6.07, 6.45) is 0. The van der Waals surface area contributed by atoms with Gasteiger partial charge in [-0.1, -0.05) is 0 Å². The Morgan fingerprint density at radius 1 is 1.38 bits per heavy atom. The van der Waals surface area contributed by atoms with Gasteiger partial charge in [-0.25, -0.2) is 0 Å². The van der Waals surface area contributed by atoms with Gasteiger partial charge in [0.25, 0.3) is 0 Å². The number of aliphatic hydroxyl groups is 1. The van der Waals surface area contributed by atoms with Crippen LogP contribution in [0.25, 0.3) is 0 Å². The second-order valence-corrected chi connectivity index (χ2v) is 1.91. The molecule has 1 aliphatic rings. The largest absolute Gasteiger partial charge is 0.396 e. The summed E-state index contributed by atoms with van der Waals surface area (Å²) in [5, 5.41) is 8.53. The summed E-state index contributed by atoms with van der Waals surface area (Å²) in [6.45, 7) is 1.82. The molecule has 8 heavy (non-hydrogen) atoms. The van der Waals surface area contributed by atoms with E-state index in [9.17, 15) is 0 Å². The number of rotatable bonds is 1. The molecule has 0 unspecified atom stereocenters. The third-order valence-corrected chi connectivity index (χ3v) is 1.13. The number of hydrogen-bond donors (Lipinski definition) is 1. The number of hydrogen-bond acceptors (Lipinski definition) is 3. The van der Waals surface area contributed by atoms with Gasteiger partial charge >= 0.3 is 0 Å². The molecule has 1 rings (SSSR count). The molecular formula is C5H10O3. The van der Waals surface area contributed by atoms with E-state index < -0.39 is 0 Å². The Balaban J connectivity index is 2.13. The zero-order valence-electron chi connectivity index (χ0n) is 4.67. The third-order valence-electron chi connectivity index (χ3n) is 1.13. The maximum atomic E-state index is 8.53. The summed E-state index contributed by atoms with van der Waals surface area (Å²) in [7, 11) is 0. The lowest BCUT2D eigenvalue weighted by molar-refractivity contribution is -0.133. The van der Waals surface area contributed by atoms with Crippen molar-refractivity contribution in [1.29, 1.82) is 0 Å². The topological polar surface area (TPSA) is 38.7 Å². The SMILES string of the molecule is OCC1COCOC1. The lowest BCUT2D eigenvalue weighted by Crippen LogP contribution is -2.26. The second kappa shape index (κ2) is 3.02. The van der Waals surface area contributed by atoms with Crippen LogP contribution in [0.15, 0.2) is 0 Å². The molecule has 1 aliphatic heterocycles. The Morgan fingerprint density at radius 2 is 2.00 bits per heavy atom. The summed E-state index contributed by atoms with van der Waals surface area (Å²) in [5.41, 5.74) is 0.